The minimum absolute atomic E-state index is 0.0271. The fourth-order valence-corrected chi connectivity index (χ4v) is 5.34. The van der Waals surface area contributed by atoms with Crippen molar-refractivity contribution in [1.82, 2.24) is 0 Å². The zero-order valence-corrected chi connectivity index (χ0v) is 16.0. The second-order valence-corrected chi connectivity index (χ2v) is 8.69. The monoisotopic (exact) mass is 346 g/mol. The molecule has 2 N–H and O–H groups in total. The molecule has 3 atom stereocenters. The van der Waals surface area contributed by atoms with E-state index in [0.717, 1.165) is 30.4 Å². The lowest BCUT2D eigenvalue weighted by atomic mass is 9.49. The fourth-order valence-electron chi connectivity index (χ4n) is 5.34. The first-order chi connectivity index (χ1) is 11.7. The van der Waals surface area contributed by atoms with E-state index in [4.69, 9.17) is 4.74 Å². The van der Waals surface area contributed by atoms with Crippen LogP contribution >= 0.6 is 0 Å². The molecule has 2 aliphatic carbocycles. The molecule has 0 amide bonds. The molecule has 0 aromatic heterocycles. The van der Waals surface area contributed by atoms with E-state index in [1.54, 1.807) is 7.11 Å². The predicted octanol–water partition coefficient (Wildman–Crippen LogP) is 4.17. The summed E-state index contributed by atoms with van der Waals surface area (Å²) in [6.07, 6.45) is 3.23. The molecule has 1 saturated carbocycles. The fraction of sp³-hybridized carbons (Fsp3) is 0.667. The maximum atomic E-state index is 13.0. The normalized spacial score (nSPS) is 31.6. The molecule has 0 bridgehead atoms. The molecule has 0 radical (unpaired) electrons. The van der Waals surface area contributed by atoms with Gasteiger partial charge in [-0.1, -0.05) is 34.1 Å². The molecule has 2 aliphatic rings. The lowest BCUT2D eigenvalue weighted by Crippen LogP contribution is -2.51. The standard InChI is InChI=1S/C21H30O4/c1-12(2)13-9-14-15(23)10-16-20(3,11-22)7-6-8-21(16,4)17(14)18(24)19(13)25-5/h9,12,16,22,24H,6-8,10-11H2,1-5H3/t16-,20+,21-/m0/s1. The summed E-state index contributed by atoms with van der Waals surface area (Å²) in [6.45, 7) is 8.35. The van der Waals surface area contributed by atoms with Crippen LogP contribution in [0.25, 0.3) is 0 Å². The maximum absolute atomic E-state index is 13.0. The molecule has 138 valence electrons. The van der Waals surface area contributed by atoms with Gasteiger partial charge >= 0.3 is 0 Å². The molecule has 1 fully saturated rings. The summed E-state index contributed by atoms with van der Waals surface area (Å²) in [6, 6.07) is 1.92. The number of aromatic hydroxyl groups is 1. The molecule has 0 aliphatic heterocycles. The zero-order valence-electron chi connectivity index (χ0n) is 16.0. The van der Waals surface area contributed by atoms with Gasteiger partial charge in [0.2, 0.25) is 0 Å². The first-order valence-corrected chi connectivity index (χ1v) is 9.28. The summed E-state index contributed by atoms with van der Waals surface area (Å²) in [5.41, 5.74) is 1.62. The molecule has 0 saturated heterocycles. The minimum Gasteiger partial charge on any atom is -0.504 e. The molecule has 3 rings (SSSR count). The highest BCUT2D eigenvalue weighted by Crippen LogP contribution is 2.60. The maximum Gasteiger partial charge on any atom is 0.164 e. The molecular weight excluding hydrogens is 316 g/mol. The molecule has 0 unspecified atom stereocenters. The third-order valence-corrected chi connectivity index (χ3v) is 6.79. The van der Waals surface area contributed by atoms with Gasteiger partial charge in [-0.15, -0.1) is 0 Å². The van der Waals surface area contributed by atoms with Gasteiger partial charge < -0.3 is 14.9 Å². The lowest BCUT2D eigenvalue weighted by molar-refractivity contribution is -0.0150. The number of carbonyl (C=O) groups is 1. The average molecular weight is 346 g/mol. The van der Waals surface area contributed by atoms with Crippen LogP contribution in [-0.2, 0) is 5.41 Å². The summed E-state index contributed by atoms with van der Waals surface area (Å²) >= 11 is 0. The van der Waals surface area contributed by atoms with E-state index in [0.29, 0.717) is 17.7 Å². The molecule has 4 nitrogen and oxygen atoms in total. The molecule has 0 heterocycles. The number of ketones is 1. The summed E-state index contributed by atoms with van der Waals surface area (Å²) < 4.78 is 5.53. The average Bonchev–Trinajstić information content (AvgIpc) is 2.56. The Kier molecular flexibility index (Phi) is 4.39. The van der Waals surface area contributed by atoms with Crippen LogP contribution in [0.1, 0.15) is 80.8 Å². The molecule has 0 spiro atoms. The smallest absolute Gasteiger partial charge is 0.164 e. The van der Waals surface area contributed by atoms with Gasteiger partial charge in [0.05, 0.1) is 7.11 Å². The highest BCUT2D eigenvalue weighted by atomic mass is 16.5. The summed E-state index contributed by atoms with van der Waals surface area (Å²) in [5, 5.41) is 21.1. The summed E-state index contributed by atoms with van der Waals surface area (Å²) in [5.74, 6) is 0.850. The van der Waals surface area contributed by atoms with E-state index in [9.17, 15) is 15.0 Å². The van der Waals surface area contributed by atoms with E-state index in [1.165, 1.54) is 0 Å². The number of hydrogen-bond donors (Lipinski definition) is 2. The largest absolute Gasteiger partial charge is 0.504 e. The molecule has 4 heteroatoms. The van der Waals surface area contributed by atoms with Crippen LogP contribution in [0.2, 0.25) is 0 Å². The van der Waals surface area contributed by atoms with Gasteiger partial charge in [-0.05, 0) is 36.2 Å². The van der Waals surface area contributed by atoms with Crippen molar-refractivity contribution in [3.8, 4) is 11.5 Å². The van der Waals surface area contributed by atoms with Crippen molar-refractivity contribution in [3.05, 3.63) is 22.8 Å². The number of rotatable bonds is 3. The predicted molar refractivity (Wildman–Crippen MR) is 97.6 cm³/mol. The number of fused-ring (bicyclic) bond motifs is 3. The number of phenols is 1. The van der Waals surface area contributed by atoms with E-state index < -0.39 is 0 Å². The number of aliphatic hydroxyl groups is 1. The third-order valence-electron chi connectivity index (χ3n) is 6.79. The first-order valence-electron chi connectivity index (χ1n) is 9.28. The number of carbonyl (C=O) groups excluding carboxylic acids is 1. The SMILES string of the molecule is COc1c(C(C)C)cc2c(c1O)[C@@]1(C)CCC[C@](C)(CO)[C@@H]1CC2=O. The van der Waals surface area contributed by atoms with Gasteiger partial charge in [0.15, 0.2) is 17.3 Å². The number of methoxy groups -OCH3 is 1. The van der Waals surface area contributed by atoms with Gasteiger partial charge in [-0.2, -0.15) is 0 Å². The van der Waals surface area contributed by atoms with Crippen molar-refractivity contribution in [2.45, 2.75) is 64.7 Å². The van der Waals surface area contributed by atoms with Crippen LogP contribution < -0.4 is 4.74 Å². The second kappa shape index (κ2) is 6.01. The van der Waals surface area contributed by atoms with Crippen LogP contribution in [0.3, 0.4) is 0 Å². The number of ether oxygens (including phenoxy) is 1. The van der Waals surface area contributed by atoms with Crippen molar-refractivity contribution in [1.29, 1.82) is 0 Å². The summed E-state index contributed by atoms with van der Waals surface area (Å²) in [7, 11) is 1.57. The number of hydrogen-bond acceptors (Lipinski definition) is 4. The Morgan fingerprint density at radius 1 is 1.32 bits per heavy atom. The van der Waals surface area contributed by atoms with Crippen LogP contribution in [-0.4, -0.2) is 29.7 Å². The third kappa shape index (κ3) is 2.49. The molecular formula is C21H30O4. The first kappa shape index (κ1) is 18.2. The molecule has 1 aromatic carbocycles. The van der Waals surface area contributed by atoms with Crippen molar-refractivity contribution >= 4 is 5.78 Å². The Bertz CT molecular complexity index is 708. The van der Waals surface area contributed by atoms with Gasteiger partial charge in [-0.3, -0.25) is 4.79 Å². The Hall–Kier alpha value is -1.55. The highest BCUT2D eigenvalue weighted by molar-refractivity contribution is 6.01. The zero-order chi connectivity index (χ0) is 18.6. The molecule has 25 heavy (non-hydrogen) atoms. The van der Waals surface area contributed by atoms with Gasteiger partial charge in [0, 0.05) is 35.1 Å². The van der Waals surface area contributed by atoms with Crippen LogP contribution in [0.15, 0.2) is 6.07 Å². The topological polar surface area (TPSA) is 66.8 Å². The minimum atomic E-state index is -0.328. The Labute approximate surface area is 150 Å². The number of Topliss-reactive ketones (excluding diaryl/α,β-unsaturated/α-hetero) is 1. The number of phenolic OH excluding ortho intramolecular Hbond substituents is 1. The molecule has 1 aromatic rings. The van der Waals surface area contributed by atoms with E-state index in [2.05, 4.69) is 13.8 Å². The van der Waals surface area contributed by atoms with Crippen molar-refractivity contribution in [2.75, 3.05) is 13.7 Å². The van der Waals surface area contributed by atoms with E-state index in [1.807, 2.05) is 19.9 Å². The van der Waals surface area contributed by atoms with Crippen molar-refractivity contribution < 1.29 is 19.7 Å². The Balaban J connectivity index is 2.29. The number of benzene rings is 1. The summed E-state index contributed by atoms with van der Waals surface area (Å²) in [4.78, 5) is 13.0. The quantitative estimate of drug-likeness (QED) is 0.862. The van der Waals surface area contributed by atoms with Gasteiger partial charge in [0.1, 0.15) is 0 Å². The van der Waals surface area contributed by atoms with Crippen molar-refractivity contribution in [2.24, 2.45) is 11.3 Å². The highest BCUT2D eigenvalue weighted by Gasteiger charge is 2.55. The number of aliphatic hydroxyl groups excluding tert-OH is 1. The van der Waals surface area contributed by atoms with E-state index >= 15 is 0 Å². The Morgan fingerprint density at radius 3 is 2.56 bits per heavy atom. The van der Waals surface area contributed by atoms with Crippen LogP contribution in [0.5, 0.6) is 11.5 Å². The second-order valence-electron chi connectivity index (χ2n) is 8.69. The van der Waals surface area contributed by atoms with E-state index in [-0.39, 0.29) is 40.8 Å². The lowest BCUT2D eigenvalue weighted by Gasteiger charge is -2.54. The Morgan fingerprint density at radius 2 is 2.00 bits per heavy atom. The van der Waals surface area contributed by atoms with Crippen molar-refractivity contribution in [3.63, 3.8) is 0 Å². The van der Waals surface area contributed by atoms with Crippen LogP contribution in [0, 0.1) is 11.3 Å². The van der Waals surface area contributed by atoms with Crippen LogP contribution in [0.4, 0.5) is 0 Å². The van der Waals surface area contributed by atoms with Gasteiger partial charge in [-0.25, -0.2) is 0 Å². The van der Waals surface area contributed by atoms with Gasteiger partial charge in [0.25, 0.3) is 0 Å².